The molecule has 0 fully saturated rings. The summed E-state index contributed by atoms with van der Waals surface area (Å²) in [6.07, 6.45) is 3.62. The molecule has 1 atom stereocenters. The first kappa shape index (κ1) is 20.7. The molecule has 28 heavy (non-hydrogen) atoms. The van der Waals surface area contributed by atoms with Crippen LogP contribution in [-0.4, -0.2) is 45.0 Å². The lowest BCUT2D eigenvalue weighted by molar-refractivity contribution is 0.0927. The maximum Gasteiger partial charge on any atom is 0.166 e. The molecule has 2 aromatic rings. The number of halogens is 1. The summed E-state index contributed by atoms with van der Waals surface area (Å²) in [6.45, 7) is 1.92. The summed E-state index contributed by atoms with van der Waals surface area (Å²) in [5, 5.41) is 0.830. The van der Waals surface area contributed by atoms with E-state index in [-0.39, 0.29) is 11.7 Å². The number of ether oxygens (including phenoxy) is 2. The van der Waals surface area contributed by atoms with Gasteiger partial charge in [-0.2, -0.15) is 0 Å². The van der Waals surface area contributed by atoms with E-state index in [4.69, 9.17) is 21.1 Å². The third-order valence-corrected chi connectivity index (χ3v) is 5.89. The van der Waals surface area contributed by atoms with Gasteiger partial charge in [-0.1, -0.05) is 29.8 Å². The van der Waals surface area contributed by atoms with Crippen molar-refractivity contribution in [3.05, 3.63) is 58.1 Å². The van der Waals surface area contributed by atoms with Crippen LogP contribution in [0.2, 0.25) is 5.02 Å². The lowest BCUT2D eigenvalue weighted by Crippen LogP contribution is -2.23. The van der Waals surface area contributed by atoms with Gasteiger partial charge in [0.1, 0.15) is 0 Å². The van der Waals surface area contributed by atoms with E-state index in [0.717, 1.165) is 54.9 Å². The fourth-order valence-electron chi connectivity index (χ4n) is 3.86. The fraction of sp³-hybridized carbons (Fsp3) is 0.435. The van der Waals surface area contributed by atoms with Gasteiger partial charge in [0.2, 0.25) is 0 Å². The second-order valence-electron chi connectivity index (χ2n) is 7.42. The third kappa shape index (κ3) is 4.68. The second-order valence-corrected chi connectivity index (χ2v) is 7.82. The zero-order valence-corrected chi connectivity index (χ0v) is 17.6. The predicted molar refractivity (Wildman–Crippen MR) is 113 cm³/mol. The third-order valence-electron chi connectivity index (χ3n) is 5.53. The number of likely N-dealkylation sites (N-methyl/N-ethyl adjacent to an activating group) is 1. The quantitative estimate of drug-likeness (QED) is 0.612. The maximum atomic E-state index is 12.8. The largest absolute Gasteiger partial charge is 0.493 e. The molecule has 1 aliphatic rings. The van der Waals surface area contributed by atoms with Crippen molar-refractivity contribution in [1.82, 2.24) is 4.90 Å². The zero-order chi connectivity index (χ0) is 20.1. The van der Waals surface area contributed by atoms with Crippen LogP contribution in [0.3, 0.4) is 0 Å². The minimum Gasteiger partial charge on any atom is -0.493 e. The molecule has 1 aliphatic carbocycles. The fourth-order valence-corrected chi connectivity index (χ4v) is 4.09. The Morgan fingerprint density at radius 2 is 1.82 bits per heavy atom. The smallest absolute Gasteiger partial charge is 0.166 e. The van der Waals surface area contributed by atoms with Crippen LogP contribution in [0.15, 0.2) is 36.4 Å². The zero-order valence-electron chi connectivity index (χ0n) is 16.8. The average Bonchev–Trinajstić information content (AvgIpc) is 3.01. The molecule has 2 aromatic carbocycles. The molecule has 0 N–H and O–H groups in total. The highest BCUT2D eigenvalue weighted by Crippen LogP contribution is 2.37. The van der Waals surface area contributed by atoms with Crippen molar-refractivity contribution in [3.8, 4) is 11.5 Å². The SMILES string of the molecule is COc1cc2c(cc1OC)C(=O)C(CCCN(C)CCc1ccccc1Cl)C2. The molecule has 150 valence electrons. The van der Waals surface area contributed by atoms with Gasteiger partial charge in [-0.15, -0.1) is 0 Å². The molecule has 1 unspecified atom stereocenters. The van der Waals surface area contributed by atoms with Crippen molar-refractivity contribution in [1.29, 1.82) is 0 Å². The molecule has 0 radical (unpaired) electrons. The molecule has 0 spiro atoms. The van der Waals surface area contributed by atoms with E-state index in [1.165, 1.54) is 5.56 Å². The molecular formula is C23H28ClNO3. The number of hydrogen-bond acceptors (Lipinski definition) is 4. The van der Waals surface area contributed by atoms with E-state index < -0.39 is 0 Å². The maximum absolute atomic E-state index is 12.8. The molecule has 0 bridgehead atoms. The second kappa shape index (κ2) is 9.44. The number of ketones is 1. The van der Waals surface area contributed by atoms with Crippen LogP contribution in [0.5, 0.6) is 11.5 Å². The Kier molecular flexibility index (Phi) is 6.97. The first-order valence-electron chi connectivity index (χ1n) is 9.74. The highest BCUT2D eigenvalue weighted by molar-refractivity contribution is 6.31. The lowest BCUT2D eigenvalue weighted by atomic mass is 9.99. The van der Waals surface area contributed by atoms with Crippen LogP contribution in [0.25, 0.3) is 0 Å². The van der Waals surface area contributed by atoms with E-state index in [9.17, 15) is 4.79 Å². The van der Waals surface area contributed by atoms with Crippen LogP contribution in [0.1, 0.15) is 34.3 Å². The molecule has 0 heterocycles. The van der Waals surface area contributed by atoms with Gasteiger partial charge in [0.25, 0.3) is 0 Å². The Bertz CT molecular complexity index is 837. The summed E-state index contributed by atoms with van der Waals surface area (Å²) < 4.78 is 10.7. The summed E-state index contributed by atoms with van der Waals surface area (Å²) in [7, 11) is 5.34. The van der Waals surface area contributed by atoms with Gasteiger partial charge in [-0.25, -0.2) is 0 Å². The number of fused-ring (bicyclic) bond motifs is 1. The Labute approximate surface area is 172 Å². The van der Waals surface area contributed by atoms with Crippen molar-refractivity contribution in [2.24, 2.45) is 5.92 Å². The van der Waals surface area contributed by atoms with Gasteiger partial charge in [0, 0.05) is 23.0 Å². The van der Waals surface area contributed by atoms with Crippen molar-refractivity contribution in [3.63, 3.8) is 0 Å². The van der Waals surface area contributed by atoms with Crippen LogP contribution >= 0.6 is 11.6 Å². The van der Waals surface area contributed by atoms with Crippen LogP contribution in [0.4, 0.5) is 0 Å². The van der Waals surface area contributed by atoms with Gasteiger partial charge in [-0.3, -0.25) is 4.79 Å². The minimum absolute atomic E-state index is 0.0591. The van der Waals surface area contributed by atoms with E-state index in [1.54, 1.807) is 14.2 Å². The Morgan fingerprint density at radius 3 is 2.54 bits per heavy atom. The highest BCUT2D eigenvalue weighted by Gasteiger charge is 2.31. The number of benzene rings is 2. The number of rotatable bonds is 9. The number of carbonyl (C=O) groups is 1. The van der Waals surface area contributed by atoms with Gasteiger partial charge in [0.05, 0.1) is 14.2 Å². The molecular weight excluding hydrogens is 374 g/mol. The standard InChI is InChI=1S/C23H28ClNO3/c1-25(12-10-16-7-4-5-9-20(16)24)11-6-8-17-13-18-14-21(27-2)22(28-3)15-19(18)23(17)26/h4-5,7,9,14-15,17H,6,8,10-13H2,1-3H3. The molecule has 0 aromatic heterocycles. The average molecular weight is 402 g/mol. The predicted octanol–water partition coefficient (Wildman–Crippen LogP) is 4.67. The molecule has 4 nitrogen and oxygen atoms in total. The van der Waals surface area contributed by atoms with E-state index in [1.807, 2.05) is 30.3 Å². The Hall–Kier alpha value is -2.04. The van der Waals surface area contributed by atoms with Crippen molar-refractivity contribution in [2.75, 3.05) is 34.4 Å². The van der Waals surface area contributed by atoms with Crippen molar-refractivity contribution in [2.45, 2.75) is 25.7 Å². The number of carbonyl (C=O) groups excluding carboxylic acids is 1. The van der Waals surface area contributed by atoms with Gasteiger partial charge >= 0.3 is 0 Å². The van der Waals surface area contributed by atoms with Crippen molar-refractivity contribution < 1.29 is 14.3 Å². The summed E-state index contributed by atoms with van der Waals surface area (Å²) in [4.78, 5) is 15.1. The first-order chi connectivity index (χ1) is 13.5. The molecule has 5 heteroatoms. The molecule has 0 saturated heterocycles. The summed E-state index contributed by atoms with van der Waals surface area (Å²) in [5.74, 6) is 1.60. The topological polar surface area (TPSA) is 38.8 Å². The van der Waals surface area contributed by atoms with E-state index >= 15 is 0 Å². The highest BCUT2D eigenvalue weighted by atomic mass is 35.5. The first-order valence-corrected chi connectivity index (χ1v) is 10.1. The number of Topliss-reactive ketones (excluding diaryl/α,β-unsaturated/α-hetero) is 1. The monoisotopic (exact) mass is 401 g/mol. The lowest BCUT2D eigenvalue weighted by Gasteiger charge is -2.18. The van der Waals surface area contributed by atoms with E-state index in [2.05, 4.69) is 18.0 Å². The minimum atomic E-state index is 0.0591. The number of methoxy groups -OCH3 is 2. The van der Waals surface area contributed by atoms with Crippen molar-refractivity contribution >= 4 is 17.4 Å². The summed E-state index contributed by atoms with van der Waals surface area (Å²) in [5.41, 5.74) is 3.04. The van der Waals surface area contributed by atoms with Gasteiger partial charge < -0.3 is 14.4 Å². The van der Waals surface area contributed by atoms with Crippen LogP contribution in [-0.2, 0) is 12.8 Å². The Balaban J connectivity index is 1.48. The molecule has 0 aliphatic heterocycles. The molecule has 0 saturated carbocycles. The number of nitrogens with zero attached hydrogens (tertiary/aromatic N) is 1. The Morgan fingerprint density at radius 1 is 1.11 bits per heavy atom. The van der Waals surface area contributed by atoms with Gasteiger partial charge in [0.15, 0.2) is 17.3 Å². The van der Waals surface area contributed by atoms with Crippen LogP contribution in [0, 0.1) is 5.92 Å². The molecule has 3 rings (SSSR count). The number of hydrogen-bond donors (Lipinski definition) is 0. The van der Waals surface area contributed by atoms with E-state index in [0.29, 0.717) is 11.5 Å². The molecule has 0 amide bonds. The summed E-state index contributed by atoms with van der Waals surface area (Å²) >= 11 is 6.23. The van der Waals surface area contributed by atoms with Gasteiger partial charge in [-0.05, 0) is 68.6 Å². The van der Waals surface area contributed by atoms with Crippen LogP contribution < -0.4 is 9.47 Å². The summed E-state index contributed by atoms with van der Waals surface area (Å²) in [6, 6.07) is 11.8. The normalized spacial score (nSPS) is 15.8.